The lowest BCUT2D eigenvalue weighted by atomic mass is 9.30. The van der Waals surface area contributed by atoms with Gasteiger partial charge in [-0.2, -0.15) is 0 Å². The normalized spacial score (nSPS) is 25.6. The van der Waals surface area contributed by atoms with Crippen LogP contribution in [0.25, 0.3) is 0 Å². The zero-order valence-electron chi connectivity index (χ0n) is 17.7. The van der Waals surface area contributed by atoms with Gasteiger partial charge in [0.15, 0.2) is 5.60 Å². The maximum Gasteiger partial charge on any atom is 0.287 e. The van der Waals surface area contributed by atoms with E-state index in [2.05, 4.69) is 20.5 Å². The maximum absolute atomic E-state index is 16.1. The molecule has 2 bridgehead atoms. The van der Waals surface area contributed by atoms with Gasteiger partial charge in [0, 0.05) is 29.3 Å². The Kier molecular flexibility index (Phi) is 4.75. The summed E-state index contributed by atoms with van der Waals surface area (Å²) < 4.78 is 66.6. The van der Waals surface area contributed by atoms with Crippen molar-refractivity contribution in [2.24, 2.45) is 5.41 Å². The number of alkyl halides is 2. The molecule has 3 aliphatic carbocycles. The van der Waals surface area contributed by atoms with Gasteiger partial charge in [-0.05, 0) is 59.7 Å². The van der Waals surface area contributed by atoms with Gasteiger partial charge in [0.2, 0.25) is 5.88 Å². The molecule has 33 heavy (non-hydrogen) atoms. The number of halogens is 4. The van der Waals surface area contributed by atoms with Gasteiger partial charge in [0.25, 0.3) is 5.92 Å². The van der Waals surface area contributed by atoms with Crippen molar-refractivity contribution in [2.75, 3.05) is 6.61 Å². The van der Waals surface area contributed by atoms with Crippen molar-refractivity contribution in [2.45, 2.75) is 49.7 Å². The molecule has 0 spiro atoms. The molecule has 0 amide bonds. The zero-order valence-corrected chi connectivity index (χ0v) is 17.7. The van der Waals surface area contributed by atoms with Crippen LogP contribution in [0, 0.1) is 17.0 Å². The molecular formula is C22H21F4N5O2. The van der Waals surface area contributed by atoms with E-state index in [0.29, 0.717) is 18.6 Å². The second-order valence-electron chi connectivity index (χ2n) is 8.98. The van der Waals surface area contributed by atoms with E-state index in [9.17, 15) is 13.9 Å². The molecule has 7 nitrogen and oxygen atoms in total. The van der Waals surface area contributed by atoms with E-state index in [4.69, 9.17) is 4.74 Å². The van der Waals surface area contributed by atoms with Crippen molar-refractivity contribution < 1.29 is 27.4 Å². The Balaban J connectivity index is 1.46. The van der Waals surface area contributed by atoms with Gasteiger partial charge in [0.05, 0.1) is 13.2 Å². The summed E-state index contributed by atoms with van der Waals surface area (Å²) >= 11 is 0. The number of ether oxygens (including phenoxy) is 1. The van der Waals surface area contributed by atoms with E-state index < -0.39 is 46.1 Å². The lowest BCUT2D eigenvalue weighted by Gasteiger charge is -2.74. The van der Waals surface area contributed by atoms with Gasteiger partial charge in [-0.25, -0.2) is 27.2 Å². The molecule has 6 rings (SSSR count). The quantitative estimate of drug-likeness (QED) is 0.516. The van der Waals surface area contributed by atoms with Gasteiger partial charge < -0.3 is 9.84 Å². The Labute approximate surface area is 186 Å². The number of pyridine rings is 1. The molecule has 1 aromatic carbocycles. The number of tetrazole rings is 1. The summed E-state index contributed by atoms with van der Waals surface area (Å²) in [6, 6.07) is 5.68. The topological polar surface area (TPSA) is 86.0 Å². The summed E-state index contributed by atoms with van der Waals surface area (Å²) in [4.78, 5) is 4.22. The van der Waals surface area contributed by atoms with Crippen molar-refractivity contribution in [3.63, 3.8) is 0 Å². The molecular weight excluding hydrogens is 442 g/mol. The maximum atomic E-state index is 16.1. The third kappa shape index (κ3) is 3.05. The highest BCUT2D eigenvalue weighted by Crippen LogP contribution is 2.80. The minimum Gasteiger partial charge on any atom is -0.478 e. The molecule has 3 aromatic rings. The fraction of sp³-hybridized carbons (Fsp3) is 0.455. The molecule has 2 aromatic heterocycles. The number of hydrogen-bond acceptors (Lipinski definition) is 6. The molecule has 3 fully saturated rings. The molecule has 0 saturated heterocycles. The first-order valence-corrected chi connectivity index (χ1v) is 10.5. The summed E-state index contributed by atoms with van der Waals surface area (Å²) in [7, 11) is 0. The third-order valence-electron chi connectivity index (χ3n) is 7.02. The van der Waals surface area contributed by atoms with Crippen LogP contribution in [-0.2, 0) is 17.6 Å². The highest BCUT2D eigenvalue weighted by atomic mass is 19.3. The van der Waals surface area contributed by atoms with Crippen molar-refractivity contribution in [1.29, 1.82) is 0 Å². The summed E-state index contributed by atoms with van der Waals surface area (Å²) in [5.74, 6) is -5.50. The predicted molar refractivity (Wildman–Crippen MR) is 106 cm³/mol. The zero-order chi connectivity index (χ0) is 23.5. The fourth-order valence-corrected chi connectivity index (χ4v) is 5.46. The van der Waals surface area contributed by atoms with E-state index in [1.807, 2.05) is 13.0 Å². The minimum absolute atomic E-state index is 0.101. The van der Waals surface area contributed by atoms with E-state index in [-0.39, 0.29) is 19.3 Å². The van der Waals surface area contributed by atoms with Crippen LogP contribution in [0.4, 0.5) is 17.6 Å². The summed E-state index contributed by atoms with van der Waals surface area (Å²) in [5, 5.41) is 21.7. The van der Waals surface area contributed by atoms with Crippen molar-refractivity contribution in [3.8, 4) is 5.88 Å². The van der Waals surface area contributed by atoms with E-state index in [1.54, 1.807) is 12.3 Å². The van der Waals surface area contributed by atoms with Gasteiger partial charge in [0.1, 0.15) is 18.0 Å². The van der Waals surface area contributed by atoms with Crippen LogP contribution in [0.15, 0.2) is 42.9 Å². The number of aliphatic hydroxyl groups is 1. The SMILES string of the molecule is CCOc1ccc(C23CC(C(F)(F)C(O)(Cn4cnnn4)c4ccc(F)cc4F)(C2)C3)cn1. The molecule has 1 atom stereocenters. The Hall–Kier alpha value is -3.08. The molecule has 0 aliphatic heterocycles. The molecule has 1 N–H and O–H groups in total. The Morgan fingerprint density at radius 2 is 1.91 bits per heavy atom. The molecule has 3 saturated carbocycles. The van der Waals surface area contributed by atoms with Crippen LogP contribution in [0.5, 0.6) is 5.88 Å². The number of benzene rings is 1. The van der Waals surface area contributed by atoms with Gasteiger partial charge in [-0.3, -0.25) is 0 Å². The van der Waals surface area contributed by atoms with Gasteiger partial charge in [-0.1, -0.05) is 6.07 Å². The lowest BCUT2D eigenvalue weighted by Crippen LogP contribution is -2.76. The van der Waals surface area contributed by atoms with Crippen molar-refractivity contribution in [3.05, 3.63) is 65.6 Å². The molecule has 3 aliphatic rings. The third-order valence-corrected chi connectivity index (χ3v) is 7.02. The molecule has 1 unspecified atom stereocenters. The van der Waals surface area contributed by atoms with Crippen LogP contribution in [0.3, 0.4) is 0 Å². The van der Waals surface area contributed by atoms with Crippen molar-refractivity contribution in [1.82, 2.24) is 25.2 Å². The first-order chi connectivity index (χ1) is 15.6. The largest absolute Gasteiger partial charge is 0.478 e. The smallest absolute Gasteiger partial charge is 0.287 e. The molecule has 11 heteroatoms. The Bertz CT molecular complexity index is 1150. The molecule has 2 heterocycles. The van der Waals surface area contributed by atoms with Gasteiger partial charge in [-0.15, -0.1) is 5.10 Å². The highest BCUT2D eigenvalue weighted by Gasteiger charge is 2.82. The van der Waals surface area contributed by atoms with E-state index in [0.717, 1.165) is 28.7 Å². The standard InChI is InChI=1S/C22H21F4N5O2/c1-2-33-18-6-3-14(8-27-18)19-9-20(10-19,11-19)22(25,26)21(32,12-31-13-28-29-30-31)16-5-4-15(23)7-17(16)24/h3-8,13,32H,2,9-12H2,1H3. The number of hydrogen-bond donors (Lipinski definition) is 1. The second kappa shape index (κ2) is 7.21. The lowest BCUT2D eigenvalue weighted by molar-refractivity contribution is -0.347. The average molecular weight is 463 g/mol. The number of aromatic nitrogens is 5. The predicted octanol–water partition coefficient (Wildman–Crippen LogP) is 3.39. The first-order valence-electron chi connectivity index (χ1n) is 10.5. The minimum atomic E-state index is -3.76. The molecule has 174 valence electrons. The summed E-state index contributed by atoms with van der Waals surface area (Å²) in [6.07, 6.45) is 2.98. The van der Waals surface area contributed by atoms with E-state index in [1.165, 1.54) is 0 Å². The first kappa shape index (κ1) is 21.7. The van der Waals surface area contributed by atoms with Gasteiger partial charge >= 0.3 is 0 Å². The summed E-state index contributed by atoms with van der Waals surface area (Å²) in [5.41, 5.74) is -4.90. The van der Waals surface area contributed by atoms with E-state index >= 15 is 8.78 Å². The Morgan fingerprint density at radius 3 is 2.48 bits per heavy atom. The number of rotatable bonds is 8. The molecule has 0 radical (unpaired) electrons. The van der Waals surface area contributed by atoms with Crippen LogP contribution >= 0.6 is 0 Å². The van der Waals surface area contributed by atoms with Crippen LogP contribution in [-0.4, -0.2) is 42.8 Å². The summed E-state index contributed by atoms with van der Waals surface area (Å²) in [6.45, 7) is 1.50. The van der Waals surface area contributed by atoms with Crippen LogP contribution in [0.1, 0.15) is 37.3 Å². The number of nitrogens with zero attached hydrogens (tertiary/aromatic N) is 5. The van der Waals surface area contributed by atoms with Crippen LogP contribution < -0.4 is 4.74 Å². The fourth-order valence-electron chi connectivity index (χ4n) is 5.46. The van der Waals surface area contributed by atoms with Crippen molar-refractivity contribution >= 4 is 0 Å². The Morgan fingerprint density at radius 1 is 1.15 bits per heavy atom. The van der Waals surface area contributed by atoms with Crippen LogP contribution in [0.2, 0.25) is 0 Å². The second-order valence-corrected chi connectivity index (χ2v) is 8.98. The monoisotopic (exact) mass is 463 g/mol. The average Bonchev–Trinajstić information content (AvgIpc) is 3.20. The highest BCUT2D eigenvalue weighted by molar-refractivity contribution is 5.42.